The van der Waals surface area contributed by atoms with Gasteiger partial charge in [-0.15, -0.1) is 0 Å². The van der Waals surface area contributed by atoms with Crippen LogP contribution in [-0.2, 0) is 4.74 Å². The van der Waals surface area contributed by atoms with Crippen molar-refractivity contribution in [3.63, 3.8) is 0 Å². The molecule has 0 aliphatic rings. The summed E-state index contributed by atoms with van der Waals surface area (Å²) in [6, 6.07) is 31.7. The summed E-state index contributed by atoms with van der Waals surface area (Å²) in [7, 11) is -0.847. The minimum atomic E-state index is -2.30. The van der Waals surface area contributed by atoms with Gasteiger partial charge in [0.1, 0.15) is 0 Å². The van der Waals surface area contributed by atoms with Crippen molar-refractivity contribution in [3.8, 4) is 0 Å². The van der Waals surface area contributed by atoms with E-state index in [2.05, 4.69) is 96.3 Å². The Balaban J connectivity index is 1.77. The summed E-state index contributed by atoms with van der Waals surface area (Å²) in [5, 5.41) is 14.1. The number of urea groups is 1. The van der Waals surface area contributed by atoms with Gasteiger partial charge in [-0.3, -0.25) is 0 Å². The zero-order valence-corrected chi connectivity index (χ0v) is 19.3. The van der Waals surface area contributed by atoms with Gasteiger partial charge in [-0.2, -0.15) is 0 Å². The molecule has 0 aromatic heterocycles. The number of amides is 2. The molecule has 0 unspecified atom stereocenters. The van der Waals surface area contributed by atoms with Gasteiger partial charge in [0.15, 0.2) is 0 Å². The quantitative estimate of drug-likeness (QED) is 0.202. The molecule has 4 N–H and O–H groups in total. The standard InChI is InChI=1S/C25H31N4O2P/c1-29(24(26)27)25(30)28-17-18-31-19-20-32(21-11-5-2-6-12-21,22-13-7-3-8-14-22)23-15-9-4-10-16-23/h2-16,32H,17-20H2,1H3,(H3,26,27)(H,28,30). The van der Waals surface area contributed by atoms with Crippen LogP contribution in [0.5, 0.6) is 0 Å². The van der Waals surface area contributed by atoms with Gasteiger partial charge in [-0.05, 0) is 0 Å². The average molecular weight is 451 g/mol. The van der Waals surface area contributed by atoms with E-state index in [1.165, 1.54) is 23.0 Å². The molecule has 0 fully saturated rings. The monoisotopic (exact) mass is 450 g/mol. The number of nitrogens with two attached hydrogens (primary N) is 1. The zero-order valence-electron chi connectivity index (χ0n) is 18.3. The number of guanidine groups is 1. The fourth-order valence-electron chi connectivity index (χ4n) is 3.89. The van der Waals surface area contributed by atoms with Crippen molar-refractivity contribution in [2.24, 2.45) is 5.73 Å². The molecular weight excluding hydrogens is 419 g/mol. The van der Waals surface area contributed by atoms with Crippen molar-refractivity contribution in [3.05, 3.63) is 91.0 Å². The van der Waals surface area contributed by atoms with Crippen molar-refractivity contribution >= 4 is 35.2 Å². The molecule has 0 saturated heterocycles. The minimum absolute atomic E-state index is 0.298. The van der Waals surface area contributed by atoms with Crippen molar-refractivity contribution in [2.45, 2.75) is 0 Å². The fourth-order valence-corrected chi connectivity index (χ4v) is 8.49. The van der Waals surface area contributed by atoms with E-state index >= 15 is 0 Å². The maximum absolute atomic E-state index is 11.9. The van der Waals surface area contributed by atoms with Gasteiger partial charge < -0.3 is 0 Å². The van der Waals surface area contributed by atoms with Gasteiger partial charge in [-0.25, -0.2) is 0 Å². The Kier molecular flexibility index (Phi) is 8.37. The number of rotatable bonds is 9. The molecule has 6 nitrogen and oxygen atoms in total. The van der Waals surface area contributed by atoms with Crippen molar-refractivity contribution < 1.29 is 9.53 Å². The molecule has 0 atom stereocenters. The Labute approximate surface area is 190 Å². The van der Waals surface area contributed by atoms with E-state index < -0.39 is 13.3 Å². The molecule has 168 valence electrons. The molecule has 3 aromatic rings. The Morgan fingerprint density at radius 2 is 1.31 bits per heavy atom. The van der Waals surface area contributed by atoms with Crippen LogP contribution in [0.2, 0.25) is 0 Å². The van der Waals surface area contributed by atoms with Crippen LogP contribution >= 0.6 is 7.26 Å². The van der Waals surface area contributed by atoms with Crippen LogP contribution in [0.15, 0.2) is 91.0 Å². The molecule has 0 aliphatic carbocycles. The molecule has 0 radical (unpaired) electrons. The summed E-state index contributed by atoms with van der Waals surface area (Å²) < 4.78 is 5.96. The Bertz CT molecular complexity index is 904. The fraction of sp³-hybridized carbons (Fsp3) is 0.200. The molecule has 7 heteroatoms. The van der Waals surface area contributed by atoms with Crippen LogP contribution in [0.3, 0.4) is 0 Å². The van der Waals surface area contributed by atoms with Gasteiger partial charge >= 0.3 is 190 Å². The predicted molar refractivity (Wildman–Crippen MR) is 135 cm³/mol. The number of benzene rings is 3. The summed E-state index contributed by atoms with van der Waals surface area (Å²) >= 11 is 0. The van der Waals surface area contributed by atoms with Crippen LogP contribution in [0.4, 0.5) is 4.79 Å². The Morgan fingerprint density at radius 1 is 0.875 bits per heavy atom. The van der Waals surface area contributed by atoms with Crippen LogP contribution in [0.1, 0.15) is 0 Å². The first-order valence-corrected chi connectivity index (χ1v) is 12.9. The van der Waals surface area contributed by atoms with E-state index in [0.29, 0.717) is 19.8 Å². The normalized spacial score (nSPS) is 11.5. The van der Waals surface area contributed by atoms with Gasteiger partial charge in [0, 0.05) is 0 Å². The van der Waals surface area contributed by atoms with Crippen LogP contribution in [0, 0.1) is 5.41 Å². The third-order valence-corrected chi connectivity index (χ3v) is 10.5. The van der Waals surface area contributed by atoms with Crippen molar-refractivity contribution in [1.82, 2.24) is 10.2 Å². The molecule has 0 spiro atoms. The maximum atomic E-state index is 11.9. The van der Waals surface area contributed by atoms with Crippen LogP contribution < -0.4 is 27.0 Å². The second-order valence-corrected chi connectivity index (χ2v) is 11.6. The van der Waals surface area contributed by atoms with Gasteiger partial charge in [0.2, 0.25) is 0 Å². The number of nitrogens with one attached hydrogen (secondary N) is 2. The number of carbonyl (C=O) groups is 1. The number of hydrogen-bond acceptors (Lipinski definition) is 3. The number of carbonyl (C=O) groups excluding carboxylic acids is 1. The first kappa shape index (κ1) is 23.5. The molecule has 32 heavy (non-hydrogen) atoms. The molecule has 2 amide bonds. The molecule has 0 saturated carbocycles. The summed E-state index contributed by atoms with van der Waals surface area (Å²) in [5.74, 6) is -0.298. The number of hydrogen-bond donors (Lipinski definition) is 3. The molecular formula is C25H31N4O2P. The summed E-state index contributed by atoms with van der Waals surface area (Å²) in [4.78, 5) is 12.9. The number of nitrogens with zero attached hydrogens (tertiary/aromatic N) is 1. The molecule has 0 bridgehead atoms. The molecule has 0 heterocycles. The second-order valence-electron chi connectivity index (χ2n) is 7.54. The van der Waals surface area contributed by atoms with Gasteiger partial charge in [0.05, 0.1) is 0 Å². The summed E-state index contributed by atoms with van der Waals surface area (Å²) in [6.07, 6.45) is 0.881. The van der Waals surface area contributed by atoms with E-state index in [1.807, 2.05) is 0 Å². The summed E-state index contributed by atoms with van der Waals surface area (Å²) in [5.41, 5.74) is 5.32. The van der Waals surface area contributed by atoms with Gasteiger partial charge in [0.25, 0.3) is 0 Å². The van der Waals surface area contributed by atoms with E-state index in [0.717, 1.165) is 11.1 Å². The molecule has 3 aromatic carbocycles. The van der Waals surface area contributed by atoms with Crippen molar-refractivity contribution in [2.75, 3.05) is 33.0 Å². The zero-order chi connectivity index (χ0) is 22.8. The third kappa shape index (κ3) is 5.52. The van der Waals surface area contributed by atoms with E-state index in [4.69, 9.17) is 15.9 Å². The predicted octanol–water partition coefficient (Wildman–Crippen LogP) is 2.26. The average Bonchev–Trinajstić information content (AvgIpc) is 2.84. The van der Waals surface area contributed by atoms with E-state index in [1.54, 1.807) is 0 Å². The second kappa shape index (κ2) is 11.4. The van der Waals surface area contributed by atoms with Crippen LogP contribution in [0.25, 0.3) is 0 Å². The molecule has 3 rings (SSSR count). The topological polar surface area (TPSA) is 91.4 Å². The SMILES string of the molecule is CN(C(=N)N)C(=O)NCCOCC[PH](c1ccccc1)(c1ccccc1)c1ccccc1. The first-order chi connectivity index (χ1) is 15.6. The Morgan fingerprint density at radius 3 is 1.72 bits per heavy atom. The first-order valence-electron chi connectivity index (χ1n) is 10.7. The summed E-state index contributed by atoms with van der Waals surface area (Å²) in [6.45, 7) is 1.32. The van der Waals surface area contributed by atoms with E-state index in [9.17, 15) is 4.79 Å². The third-order valence-electron chi connectivity index (χ3n) is 5.61. The Hall–Kier alpha value is -3.21. The van der Waals surface area contributed by atoms with Crippen molar-refractivity contribution in [1.29, 1.82) is 5.41 Å². The molecule has 0 aliphatic heterocycles. The van der Waals surface area contributed by atoms with Crippen LogP contribution in [-0.4, -0.2) is 49.9 Å². The van der Waals surface area contributed by atoms with E-state index in [-0.39, 0.29) is 5.96 Å². The number of ether oxygens (including phenoxy) is 1. The van der Waals surface area contributed by atoms with Gasteiger partial charge in [-0.1, -0.05) is 0 Å².